The Morgan fingerprint density at radius 3 is 2.78 bits per heavy atom. The number of anilines is 1. The van der Waals surface area contributed by atoms with Gasteiger partial charge in [-0.25, -0.2) is 4.98 Å². The zero-order valence-corrected chi connectivity index (χ0v) is 13.8. The minimum Gasteiger partial charge on any atom is -0.365 e. The van der Waals surface area contributed by atoms with Gasteiger partial charge in [-0.05, 0) is 12.0 Å². The van der Waals surface area contributed by atoms with Gasteiger partial charge in [-0.15, -0.1) is 5.10 Å². The number of hydrogen-bond donors (Lipinski definition) is 2. The summed E-state index contributed by atoms with van der Waals surface area (Å²) < 4.78 is 0. The Balaban J connectivity index is 1.58. The summed E-state index contributed by atoms with van der Waals surface area (Å²) >= 11 is 1.63. The highest BCUT2D eigenvalue weighted by molar-refractivity contribution is 7.99. The third-order valence-corrected chi connectivity index (χ3v) is 4.71. The van der Waals surface area contributed by atoms with E-state index in [-0.39, 0.29) is 0 Å². The van der Waals surface area contributed by atoms with Crippen molar-refractivity contribution < 1.29 is 0 Å². The number of hydrogen-bond acceptors (Lipinski definition) is 6. The first-order valence-corrected chi connectivity index (χ1v) is 8.65. The van der Waals surface area contributed by atoms with Gasteiger partial charge in [0.1, 0.15) is 0 Å². The number of benzene rings is 1. The van der Waals surface area contributed by atoms with Crippen LogP contribution in [0.2, 0.25) is 0 Å². The fourth-order valence-corrected chi connectivity index (χ4v) is 3.39. The molecular weight excluding hydrogens is 308 g/mol. The fourth-order valence-electron chi connectivity index (χ4n) is 2.69. The molecule has 118 valence electrons. The van der Waals surface area contributed by atoms with Crippen molar-refractivity contribution in [1.29, 1.82) is 0 Å². The molecule has 7 heteroatoms. The smallest absolute Gasteiger partial charge is 0.207 e. The van der Waals surface area contributed by atoms with Crippen molar-refractivity contribution >= 4 is 28.7 Å². The molecule has 1 aliphatic rings. The van der Waals surface area contributed by atoms with Crippen molar-refractivity contribution in [2.75, 3.05) is 5.32 Å². The Kier molecular flexibility index (Phi) is 3.65. The highest BCUT2D eigenvalue weighted by Crippen LogP contribution is 2.43. The molecule has 1 aliphatic carbocycles. The summed E-state index contributed by atoms with van der Waals surface area (Å²) in [5.41, 5.74) is 2.69. The minimum atomic E-state index is 0.393. The molecule has 2 heterocycles. The predicted octanol–water partition coefficient (Wildman–Crippen LogP) is 3.22. The molecule has 1 aromatic carbocycles. The summed E-state index contributed by atoms with van der Waals surface area (Å²) in [6, 6.07) is 11.0. The molecule has 1 saturated carbocycles. The first kappa shape index (κ1) is 14.4. The topological polar surface area (TPSA) is 79.4 Å². The molecule has 2 atom stereocenters. The quantitative estimate of drug-likeness (QED) is 0.553. The lowest BCUT2D eigenvalue weighted by atomic mass is 10.1. The molecule has 2 aromatic heterocycles. The Morgan fingerprint density at radius 2 is 2.00 bits per heavy atom. The van der Waals surface area contributed by atoms with Gasteiger partial charge in [-0.2, -0.15) is 15.3 Å². The molecule has 0 aliphatic heterocycles. The van der Waals surface area contributed by atoms with Crippen LogP contribution in [-0.2, 0) is 0 Å². The van der Waals surface area contributed by atoms with E-state index in [4.69, 9.17) is 0 Å². The lowest BCUT2D eigenvalue weighted by Crippen LogP contribution is -2.08. The zero-order valence-electron chi connectivity index (χ0n) is 13.0. The SMILES string of the molecule is CC(C)Sc1nc(NC2CC2c2ccccc2)c2n[nH]nc2n1. The van der Waals surface area contributed by atoms with Crippen LogP contribution in [0.25, 0.3) is 11.2 Å². The molecule has 6 nitrogen and oxygen atoms in total. The summed E-state index contributed by atoms with van der Waals surface area (Å²) in [5.74, 6) is 1.31. The summed E-state index contributed by atoms with van der Waals surface area (Å²) in [6.45, 7) is 4.25. The Hall–Kier alpha value is -2.15. The zero-order chi connectivity index (χ0) is 15.8. The average molecular weight is 326 g/mol. The van der Waals surface area contributed by atoms with Crippen molar-refractivity contribution in [3.63, 3.8) is 0 Å². The highest BCUT2D eigenvalue weighted by Gasteiger charge is 2.39. The predicted molar refractivity (Wildman–Crippen MR) is 91.7 cm³/mol. The van der Waals surface area contributed by atoms with Crippen LogP contribution in [0.4, 0.5) is 5.82 Å². The third-order valence-electron chi connectivity index (χ3n) is 3.84. The van der Waals surface area contributed by atoms with Crippen LogP contribution in [0, 0.1) is 0 Å². The van der Waals surface area contributed by atoms with E-state index in [2.05, 4.69) is 68.8 Å². The molecule has 3 aromatic rings. The fraction of sp³-hybridized carbons (Fsp3) is 0.375. The van der Waals surface area contributed by atoms with E-state index in [1.165, 1.54) is 5.56 Å². The van der Waals surface area contributed by atoms with Crippen molar-refractivity contribution in [1.82, 2.24) is 25.4 Å². The Morgan fingerprint density at radius 1 is 1.17 bits per heavy atom. The van der Waals surface area contributed by atoms with Crippen LogP contribution >= 0.6 is 11.8 Å². The van der Waals surface area contributed by atoms with E-state index in [0.717, 1.165) is 17.4 Å². The van der Waals surface area contributed by atoms with Crippen molar-refractivity contribution in [3.8, 4) is 0 Å². The summed E-state index contributed by atoms with van der Waals surface area (Å²) in [7, 11) is 0. The number of aromatic amines is 1. The molecule has 0 spiro atoms. The number of H-pyrrole nitrogens is 1. The van der Waals surface area contributed by atoms with E-state index in [0.29, 0.717) is 28.4 Å². The molecule has 0 amide bonds. The van der Waals surface area contributed by atoms with Crippen LogP contribution in [0.15, 0.2) is 35.5 Å². The molecule has 2 N–H and O–H groups in total. The van der Waals surface area contributed by atoms with Crippen LogP contribution < -0.4 is 5.32 Å². The molecule has 0 bridgehead atoms. The summed E-state index contributed by atoms with van der Waals surface area (Å²) in [5, 5.41) is 15.6. The largest absolute Gasteiger partial charge is 0.365 e. The van der Waals surface area contributed by atoms with Gasteiger partial charge in [-0.1, -0.05) is 55.9 Å². The van der Waals surface area contributed by atoms with Gasteiger partial charge >= 0.3 is 0 Å². The standard InChI is InChI=1S/C16H18N6S/c1-9(2)23-16-18-14(13-15(19-16)21-22-20-13)17-12-8-11(12)10-6-4-3-5-7-10/h3-7,9,11-12H,8H2,1-2H3,(H2,17,18,19,20,21,22). The molecule has 1 fully saturated rings. The first-order valence-electron chi connectivity index (χ1n) is 7.77. The van der Waals surface area contributed by atoms with Crippen molar-refractivity contribution in [2.24, 2.45) is 0 Å². The molecule has 2 unspecified atom stereocenters. The van der Waals surface area contributed by atoms with Gasteiger partial charge in [-0.3, -0.25) is 0 Å². The molecule has 0 saturated heterocycles. The van der Waals surface area contributed by atoms with Crippen molar-refractivity contribution in [3.05, 3.63) is 35.9 Å². The number of thioether (sulfide) groups is 1. The minimum absolute atomic E-state index is 0.393. The molecule has 23 heavy (non-hydrogen) atoms. The number of nitrogens with one attached hydrogen (secondary N) is 2. The van der Waals surface area contributed by atoms with Gasteiger partial charge in [0.15, 0.2) is 16.5 Å². The number of fused-ring (bicyclic) bond motifs is 1. The second kappa shape index (κ2) is 5.81. The van der Waals surface area contributed by atoms with Crippen LogP contribution in [0.3, 0.4) is 0 Å². The lowest BCUT2D eigenvalue weighted by Gasteiger charge is -2.08. The lowest BCUT2D eigenvalue weighted by molar-refractivity contribution is 0.941. The monoisotopic (exact) mass is 326 g/mol. The maximum atomic E-state index is 4.64. The van der Waals surface area contributed by atoms with E-state index < -0.39 is 0 Å². The summed E-state index contributed by atoms with van der Waals surface area (Å²) in [6.07, 6.45) is 1.11. The number of nitrogens with zero attached hydrogens (tertiary/aromatic N) is 4. The second-order valence-corrected chi connectivity index (χ2v) is 7.56. The Bertz CT molecular complexity index is 816. The van der Waals surface area contributed by atoms with Gasteiger partial charge in [0, 0.05) is 17.2 Å². The van der Waals surface area contributed by atoms with Crippen LogP contribution in [0.5, 0.6) is 0 Å². The van der Waals surface area contributed by atoms with Crippen LogP contribution in [0.1, 0.15) is 31.7 Å². The highest BCUT2D eigenvalue weighted by atomic mass is 32.2. The van der Waals surface area contributed by atoms with E-state index in [1.807, 2.05) is 6.07 Å². The van der Waals surface area contributed by atoms with Crippen LogP contribution in [-0.4, -0.2) is 36.7 Å². The maximum absolute atomic E-state index is 4.64. The Labute approximate surface area is 138 Å². The maximum Gasteiger partial charge on any atom is 0.207 e. The van der Waals surface area contributed by atoms with Crippen molar-refractivity contribution in [2.45, 2.75) is 42.6 Å². The van der Waals surface area contributed by atoms with E-state index >= 15 is 0 Å². The van der Waals surface area contributed by atoms with Gasteiger partial charge < -0.3 is 5.32 Å². The van der Waals surface area contributed by atoms with Gasteiger partial charge in [0.05, 0.1) is 0 Å². The first-order chi connectivity index (χ1) is 11.2. The summed E-state index contributed by atoms with van der Waals surface area (Å²) in [4.78, 5) is 9.09. The number of rotatable bonds is 5. The van der Waals surface area contributed by atoms with Gasteiger partial charge in [0.25, 0.3) is 0 Å². The van der Waals surface area contributed by atoms with E-state index in [9.17, 15) is 0 Å². The second-order valence-electron chi connectivity index (χ2n) is 6.02. The normalized spacial score (nSPS) is 20.1. The molecular formula is C16H18N6S. The molecule has 4 rings (SSSR count). The average Bonchev–Trinajstić information content (AvgIpc) is 3.13. The van der Waals surface area contributed by atoms with Gasteiger partial charge in [0.2, 0.25) is 5.65 Å². The van der Waals surface area contributed by atoms with E-state index in [1.54, 1.807) is 11.8 Å². The third kappa shape index (κ3) is 3.01. The number of aromatic nitrogens is 5. The molecule has 0 radical (unpaired) electrons.